The highest BCUT2D eigenvalue weighted by Crippen LogP contribution is 2.11. The van der Waals surface area contributed by atoms with Crippen molar-refractivity contribution in [2.75, 3.05) is 6.54 Å². The van der Waals surface area contributed by atoms with E-state index in [9.17, 15) is 14.4 Å². The van der Waals surface area contributed by atoms with Crippen LogP contribution in [-0.2, 0) is 9.59 Å². The molecule has 1 saturated heterocycles. The van der Waals surface area contributed by atoms with Crippen LogP contribution in [-0.4, -0.2) is 41.1 Å². The predicted molar refractivity (Wildman–Crippen MR) is 64.0 cm³/mol. The van der Waals surface area contributed by atoms with E-state index in [1.807, 2.05) is 0 Å². The molecule has 0 aromatic carbocycles. The molecule has 1 rings (SSSR count). The van der Waals surface area contributed by atoms with Crippen molar-refractivity contribution >= 4 is 17.9 Å². The maximum Gasteiger partial charge on any atom is 0.315 e. The van der Waals surface area contributed by atoms with Gasteiger partial charge in [0.2, 0.25) is 5.91 Å². The molecule has 0 saturated carbocycles. The van der Waals surface area contributed by atoms with Crippen molar-refractivity contribution in [1.82, 2.24) is 16.0 Å². The summed E-state index contributed by atoms with van der Waals surface area (Å²) in [5.41, 5.74) is -0.599. The lowest BCUT2D eigenvalue weighted by atomic mass is 9.99. The number of amides is 3. The molecule has 0 aromatic heterocycles. The summed E-state index contributed by atoms with van der Waals surface area (Å²) in [7, 11) is 0. The van der Waals surface area contributed by atoms with Gasteiger partial charge in [-0.2, -0.15) is 0 Å². The molecular formula is C11H19N3O4. The van der Waals surface area contributed by atoms with Crippen LogP contribution in [0.2, 0.25) is 0 Å². The lowest BCUT2D eigenvalue weighted by Crippen LogP contribution is -2.51. The molecule has 0 aliphatic carbocycles. The van der Waals surface area contributed by atoms with Crippen LogP contribution in [0.4, 0.5) is 4.79 Å². The third kappa shape index (κ3) is 5.03. The lowest BCUT2D eigenvalue weighted by molar-refractivity contribution is -0.137. The summed E-state index contributed by atoms with van der Waals surface area (Å²) < 4.78 is 0. The first-order valence-corrected chi connectivity index (χ1v) is 5.86. The first-order chi connectivity index (χ1) is 8.28. The van der Waals surface area contributed by atoms with Crippen LogP contribution in [0.15, 0.2) is 0 Å². The Morgan fingerprint density at radius 2 is 2.17 bits per heavy atom. The Kier molecular flexibility index (Phi) is 4.52. The second-order valence-electron chi connectivity index (χ2n) is 5.08. The topological polar surface area (TPSA) is 108 Å². The number of hydrogen-bond donors (Lipinski definition) is 4. The second kappa shape index (κ2) is 5.70. The molecule has 1 heterocycles. The molecule has 18 heavy (non-hydrogen) atoms. The van der Waals surface area contributed by atoms with Crippen LogP contribution >= 0.6 is 0 Å². The van der Waals surface area contributed by atoms with Gasteiger partial charge in [0.15, 0.2) is 0 Å². The van der Waals surface area contributed by atoms with Gasteiger partial charge in [0.05, 0.1) is 6.04 Å². The van der Waals surface area contributed by atoms with Gasteiger partial charge < -0.3 is 21.1 Å². The normalized spacial score (nSPS) is 19.2. The predicted octanol–water partition coefficient (Wildman–Crippen LogP) is -0.182. The van der Waals surface area contributed by atoms with Gasteiger partial charge in [0, 0.05) is 24.9 Å². The fraction of sp³-hybridized carbons (Fsp3) is 0.727. The summed E-state index contributed by atoms with van der Waals surface area (Å²) in [4.78, 5) is 33.1. The molecule has 3 amide bonds. The first kappa shape index (κ1) is 14.3. The van der Waals surface area contributed by atoms with Gasteiger partial charge in [0.25, 0.3) is 0 Å². The van der Waals surface area contributed by atoms with Crippen molar-refractivity contribution in [2.24, 2.45) is 0 Å². The largest absolute Gasteiger partial charge is 0.481 e. The van der Waals surface area contributed by atoms with E-state index in [1.165, 1.54) is 0 Å². The molecule has 1 aliphatic rings. The van der Waals surface area contributed by atoms with Gasteiger partial charge in [-0.15, -0.1) is 0 Å². The number of carbonyl (C=O) groups excluding carboxylic acids is 2. The SMILES string of the molecule is CC(C)(CCC(=O)O)NC(=O)NC1CNC(=O)C1. The quantitative estimate of drug-likeness (QED) is 0.548. The van der Waals surface area contributed by atoms with E-state index < -0.39 is 11.5 Å². The van der Waals surface area contributed by atoms with E-state index >= 15 is 0 Å². The molecule has 1 unspecified atom stereocenters. The summed E-state index contributed by atoms with van der Waals surface area (Å²) in [6.45, 7) is 3.95. The van der Waals surface area contributed by atoms with E-state index in [0.717, 1.165) is 0 Å². The van der Waals surface area contributed by atoms with Crippen molar-refractivity contribution in [3.8, 4) is 0 Å². The maximum absolute atomic E-state index is 11.7. The zero-order valence-electron chi connectivity index (χ0n) is 10.6. The van der Waals surface area contributed by atoms with Crippen molar-refractivity contribution in [3.63, 3.8) is 0 Å². The molecule has 1 fully saturated rings. The van der Waals surface area contributed by atoms with Crippen molar-refractivity contribution < 1.29 is 19.5 Å². The Morgan fingerprint density at radius 3 is 2.67 bits per heavy atom. The Balaban J connectivity index is 2.34. The molecule has 0 spiro atoms. The van der Waals surface area contributed by atoms with E-state index in [0.29, 0.717) is 13.0 Å². The number of rotatable bonds is 5. The van der Waals surface area contributed by atoms with Crippen molar-refractivity contribution in [1.29, 1.82) is 0 Å². The summed E-state index contributed by atoms with van der Waals surface area (Å²) in [6, 6.07) is -0.584. The first-order valence-electron chi connectivity index (χ1n) is 5.86. The third-order valence-corrected chi connectivity index (χ3v) is 2.73. The molecule has 1 atom stereocenters. The van der Waals surface area contributed by atoms with E-state index in [1.54, 1.807) is 13.8 Å². The van der Waals surface area contributed by atoms with E-state index in [2.05, 4.69) is 16.0 Å². The third-order valence-electron chi connectivity index (χ3n) is 2.73. The van der Waals surface area contributed by atoms with Crippen LogP contribution in [0.25, 0.3) is 0 Å². The summed E-state index contributed by atoms with van der Waals surface area (Å²) in [6.07, 6.45) is 0.622. The van der Waals surface area contributed by atoms with E-state index in [4.69, 9.17) is 5.11 Å². The highest BCUT2D eigenvalue weighted by Gasteiger charge is 2.26. The lowest BCUT2D eigenvalue weighted by Gasteiger charge is -2.26. The average molecular weight is 257 g/mol. The number of urea groups is 1. The minimum atomic E-state index is -0.893. The number of carbonyl (C=O) groups is 3. The zero-order valence-corrected chi connectivity index (χ0v) is 10.6. The molecule has 0 radical (unpaired) electrons. The molecule has 4 N–H and O–H groups in total. The number of hydrogen-bond acceptors (Lipinski definition) is 3. The van der Waals surface area contributed by atoms with Crippen LogP contribution in [0.3, 0.4) is 0 Å². The zero-order chi connectivity index (χ0) is 13.8. The molecule has 0 aromatic rings. The molecular weight excluding hydrogens is 238 g/mol. The van der Waals surface area contributed by atoms with Crippen LogP contribution in [0.1, 0.15) is 33.1 Å². The Morgan fingerprint density at radius 1 is 1.50 bits per heavy atom. The number of carboxylic acid groups (broad SMARTS) is 1. The smallest absolute Gasteiger partial charge is 0.315 e. The summed E-state index contributed by atoms with van der Waals surface area (Å²) >= 11 is 0. The standard InChI is InChI=1S/C11H19N3O4/c1-11(2,4-3-9(16)17)14-10(18)13-7-5-8(15)12-6-7/h7H,3-6H2,1-2H3,(H,12,15)(H,16,17)(H2,13,14,18). The second-order valence-corrected chi connectivity index (χ2v) is 5.08. The Bertz CT molecular complexity index is 354. The Hall–Kier alpha value is -1.79. The molecule has 102 valence electrons. The van der Waals surface area contributed by atoms with Gasteiger partial charge >= 0.3 is 12.0 Å². The van der Waals surface area contributed by atoms with Gasteiger partial charge in [-0.05, 0) is 20.3 Å². The summed E-state index contributed by atoms with van der Waals surface area (Å²) in [5.74, 6) is -0.971. The fourth-order valence-corrected chi connectivity index (χ4v) is 1.72. The molecule has 0 bridgehead atoms. The molecule has 1 aliphatic heterocycles. The van der Waals surface area contributed by atoms with Gasteiger partial charge in [-0.3, -0.25) is 9.59 Å². The van der Waals surface area contributed by atoms with Gasteiger partial charge in [-0.1, -0.05) is 0 Å². The van der Waals surface area contributed by atoms with Gasteiger partial charge in [-0.25, -0.2) is 4.79 Å². The number of aliphatic carboxylic acids is 1. The van der Waals surface area contributed by atoms with Crippen molar-refractivity contribution in [2.45, 2.75) is 44.7 Å². The minimum Gasteiger partial charge on any atom is -0.481 e. The molecule has 7 nitrogen and oxygen atoms in total. The fourth-order valence-electron chi connectivity index (χ4n) is 1.72. The highest BCUT2D eigenvalue weighted by atomic mass is 16.4. The monoisotopic (exact) mass is 257 g/mol. The Labute approximate surface area is 105 Å². The summed E-state index contributed by atoms with van der Waals surface area (Å²) in [5, 5.41) is 16.6. The number of carboxylic acids is 1. The minimum absolute atomic E-state index is 0.00322. The van der Waals surface area contributed by atoms with Crippen LogP contribution in [0.5, 0.6) is 0 Å². The van der Waals surface area contributed by atoms with Crippen LogP contribution < -0.4 is 16.0 Å². The van der Waals surface area contributed by atoms with Gasteiger partial charge in [0.1, 0.15) is 0 Å². The van der Waals surface area contributed by atoms with Crippen LogP contribution in [0, 0.1) is 0 Å². The average Bonchev–Trinajstić information content (AvgIpc) is 2.60. The number of nitrogens with one attached hydrogen (secondary N) is 3. The maximum atomic E-state index is 11.7. The highest BCUT2D eigenvalue weighted by molar-refractivity contribution is 5.81. The van der Waals surface area contributed by atoms with E-state index in [-0.39, 0.29) is 30.8 Å². The van der Waals surface area contributed by atoms with Crippen molar-refractivity contribution in [3.05, 3.63) is 0 Å². The molecule has 7 heteroatoms.